The van der Waals surface area contributed by atoms with Crippen molar-refractivity contribution in [2.24, 2.45) is 5.41 Å². The van der Waals surface area contributed by atoms with Crippen molar-refractivity contribution in [3.8, 4) is 0 Å². The Morgan fingerprint density at radius 3 is 2.46 bits per heavy atom. The van der Waals surface area contributed by atoms with Gasteiger partial charge in [-0.2, -0.15) is 0 Å². The first-order valence-corrected chi connectivity index (χ1v) is 5.61. The van der Waals surface area contributed by atoms with Gasteiger partial charge in [-0.15, -0.1) is 0 Å². The lowest BCUT2D eigenvalue weighted by Crippen LogP contribution is -2.16. The normalized spacial score (nSPS) is 14.2. The molecule has 1 unspecified atom stereocenters. The van der Waals surface area contributed by atoms with E-state index >= 15 is 0 Å². The summed E-state index contributed by atoms with van der Waals surface area (Å²) >= 11 is 2.30. The Hall–Kier alpha value is -0.120. The van der Waals surface area contributed by atoms with E-state index in [9.17, 15) is 0 Å². The summed E-state index contributed by atoms with van der Waals surface area (Å²) in [5, 5.41) is 0. The largest absolute Gasteiger partial charge is 0.250 e. The molecule has 0 N–H and O–H groups in total. The van der Waals surface area contributed by atoms with Crippen molar-refractivity contribution in [1.29, 1.82) is 0 Å². The summed E-state index contributed by atoms with van der Waals surface area (Å²) in [4.78, 5) is 4.30. The van der Waals surface area contributed by atoms with Gasteiger partial charge in [-0.1, -0.05) is 33.8 Å². The molecule has 0 aliphatic carbocycles. The van der Waals surface area contributed by atoms with Gasteiger partial charge in [0.25, 0.3) is 0 Å². The van der Waals surface area contributed by atoms with Crippen molar-refractivity contribution >= 4 is 22.6 Å². The molecule has 72 valence electrons. The van der Waals surface area contributed by atoms with Gasteiger partial charge in [0.2, 0.25) is 0 Å². The number of nitrogens with zero attached hydrogens (tertiary/aromatic N) is 1. The lowest BCUT2D eigenvalue weighted by atomic mass is 9.78. The van der Waals surface area contributed by atoms with Crippen molar-refractivity contribution in [2.75, 3.05) is 0 Å². The van der Waals surface area contributed by atoms with Crippen LogP contribution in [0, 0.1) is 9.12 Å². The van der Waals surface area contributed by atoms with Crippen molar-refractivity contribution in [3.63, 3.8) is 0 Å². The van der Waals surface area contributed by atoms with Crippen LogP contribution >= 0.6 is 22.6 Å². The maximum absolute atomic E-state index is 4.30. The number of aromatic nitrogens is 1. The third kappa shape index (κ3) is 2.66. The minimum Gasteiger partial charge on any atom is -0.250 e. The van der Waals surface area contributed by atoms with E-state index < -0.39 is 0 Å². The molecule has 0 saturated carbocycles. The zero-order valence-corrected chi connectivity index (χ0v) is 10.8. The standard InChI is InChI=1S/C11H16IN/c1-8(11(2,3)4)9-6-5-7-13-10(9)12/h5-8H,1-4H3. The maximum atomic E-state index is 4.30. The van der Waals surface area contributed by atoms with Gasteiger partial charge in [-0.05, 0) is 45.6 Å². The highest BCUT2D eigenvalue weighted by Gasteiger charge is 2.23. The first kappa shape index (κ1) is 11.0. The fraction of sp³-hybridized carbons (Fsp3) is 0.545. The molecule has 0 spiro atoms. The van der Waals surface area contributed by atoms with Gasteiger partial charge >= 0.3 is 0 Å². The van der Waals surface area contributed by atoms with E-state index in [1.165, 1.54) is 5.56 Å². The first-order valence-electron chi connectivity index (χ1n) is 4.53. The summed E-state index contributed by atoms with van der Waals surface area (Å²) in [5.74, 6) is 0.549. The Bertz CT molecular complexity index is 288. The number of hydrogen-bond donors (Lipinski definition) is 0. The summed E-state index contributed by atoms with van der Waals surface area (Å²) in [6.07, 6.45) is 1.85. The second kappa shape index (κ2) is 3.95. The van der Waals surface area contributed by atoms with Crippen LogP contribution < -0.4 is 0 Å². The topological polar surface area (TPSA) is 12.9 Å². The lowest BCUT2D eigenvalue weighted by molar-refractivity contribution is 0.338. The SMILES string of the molecule is CC(c1cccnc1I)C(C)(C)C. The number of pyridine rings is 1. The van der Waals surface area contributed by atoms with E-state index in [2.05, 4.69) is 61.3 Å². The van der Waals surface area contributed by atoms with Crippen molar-refractivity contribution in [1.82, 2.24) is 4.98 Å². The van der Waals surface area contributed by atoms with Gasteiger partial charge in [-0.3, -0.25) is 4.98 Å². The van der Waals surface area contributed by atoms with Crippen LogP contribution in [0.2, 0.25) is 0 Å². The van der Waals surface area contributed by atoms with Gasteiger partial charge in [0.15, 0.2) is 0 Å². The second-order valence-corrected chi connectivity index (χ2v) is 5.49. The van der Waals surface area contributed by atoms with E-state index in [4.69, 9.17) is 0 Å². The molecule has 1 aromatic rings. The zero-order valence-electron chi connectivity index (χ0n) is 8.63. The minimum absolute atomic E-state index is 0.308. The summed E-state index contributed by atoms with van der Waals surface area (Å²) in [5.41, 5.74) is 1.67. The average Bonchev–Trinajstić information content (AvgIpc) is 2.02. The minimum atomic E-state index is 0.308. The molecule has 13 heavy (non-hydrogen) atoms. The van der Waals surface area contributed by atoms with Crippen LogP contribution in [0.15, 0.2) is 18.3 Å². The molecular weight excluding hydrogens is 273 g/mol. The molecule has 0 bridgehead atoms. The van der Waals surface area contributed by atoms with E-state index in [1.54, 1.807) is 0 Å². The lowest BCUT2D eigenvalue weighted by Gasteiger charge is -2.27. The molecule has 0 amide bonds. The van der Waals surface area contributed by atoms with Crippen molar-refractivity contribution in [3.05, 3.63) is 27.6 Å². The maximum Gasteiger partial charge on any atom is 0.104 e. The van der Waals surface area contributed by atoms with Crippen LogP contribution in [0.4, 0.5) is 0 Å². The predicted octanol–water partition coefficient (Wildman–Crippen LogP) is 3.84. The number of halogens is 1. The fourth-order valence-corrected chi connectivity index (χ4v) is 2.00. The van der Waals surface area contributed by atoms with Crippen LogP contribution in [0.1, 0.15) is 39.2 Å². The van der Waals surface area contributed by atoms with Gasteiger partial charge < -0.3 is 0 Å². The number of hydrogen-bond acceptors (Lipinski definition) is 1. The molecule has 0 aromatic carbocycles. The third-order valence-corrected chi connectivity index (χ3v) is 3.45. The first-order chi connectivity index (χ1) is 5.93. The Morgan fingerprint density at radius 1 is 1.38 bits per heavy atom. The molecule has 0 radical (unpaired) electrons. The van der Waals surface area contributed by atoms with E-state index in [-0.39, 0.29) is 0 Å². The Kier molecular flexibility index (Phi) is 3.33. The van der Waals surface area contributed by atoms with Crippen molar-refractivity contribution < 1.29 is 0 Å². The molecule has 1 nitrogen and oxygen atoms in total. The van der Waals surface area contributed by atoms with Gasteiger partial charge in [0.1, 0.15) is 3.70 Å². The highest BCUT2D eigenvalue weighted by Crippen LogP contribution is 2.35. The molecule has 0 fully saturated rings. The smallest absolute Gasteiger partial charge is 0.104 e. The molecule has 1 atom stereocenters. The Labute approximate surface area is 94.1 Å². The molecule has 1 aromatic heterocycles. The molecule has 2 heteroatoms. The average molecular weight is 289 g/mol. The highest BCUT2D eigenvalue weighted by atomic mass is 127. The van der Waals surface area contributed by atoms with Gasteiger partial charge in [-0.25, -0.2) is 0 Å². The molecule has 0 saturated heterocycles. The van der Waals surface area contributed by atoms with Crippen molar-refractivity contribution in [2.45, 2.75) is 33.6 Å². The van der Waals surface area contributed by atoms with Gasteiger partial charge in [0, 0.05) is 6.20 Å². The van der Waals surface area contributed by atoms with Crippen LogP contribution in [-0.4, -0.2) is 4.98 Å². The van der Waals surface area contributed by atoms with Crippen LogP contribution in [-0.2, 0) is 0 Å². The molecule has 1 rings (SSSR count). The van der Waals surface area contributed by atoms with Crippen LogP contribution in [0.5, 0.6) is 0 Å². The molecule has 0 aliphatic heterocycles. The quantitative estimate of drug-likeness (QED) is 0.565. The second-order valence-electron chi connectivity index (χ2n) is 4.47. The molecule has 0 aliphatic rings. The summed E-state index contributed by atoms with van der Waals surface area (Å²) in [6.45, 7) is 9.06. The Balaban J connectivity index is 3.02. The monoisotopic (exact) mass is 289 g/mol. The zero-order chi connectivity index (χ0) is 10.1. The summed E-state index contributed by atoms with van der Waals surface area (Å²) < 4.78 is 1.13. The third-order valence-electron chi connectivity index (χ3n) is 2.55. The number of rotatable bonds is 1. The summed E-state index contributed by atoms with van der Waals surface area (Å²) in [7, 11) is 0. The fourth-order valence-electron chi connectivity index (χ4n) is 1.19. The molecule has 1 heterocycles. The Morgan fingerprint density at radius 2 is 2.00 bits per heavy atom. The molecular formula is C11H16IN. The van der Waals surface area contributed by atoms with E-state index in [0.29, 0.717) is 11.3 Å². The predicted molar refractivity (Wildman–Crippen MR) is 64.8 cm³/mol. The van der Waals surface area contributed by atoms with Gasteiger partial charge in [0.05, 0.1) is 0 Å². The van der Waals surface area contributed by atoms with E-state index in [0.717, 1.165) is 3.70 Å². The highest BCUT2D eigenvalue weighted by molar-refractivity contribution is 14.1. The summed E-state index contributed by atoms with van der Waals surface area (Å²) in [6, 6.07) is 4.18. The van der Waals surface area contributed by atoms with E-state index in [1.807, 2.05) is 12.3 Å². The van der Waals surface area contributed by atoms with Crippen LogP contribution in [0.25, 0.3) is 0 Å². The van der Waals surface area contributed by atoms with Crippen LogP contribution in [0.3, 0.4) is 0 Å².